The molecule has 5 atom stereocenters. The Morgan fingerprint density at radius 2 is 0.568 bits per heavy atom. The molecule has 19 heteroatoms. The average molecular weight is 1390 g/mol. The van der Waals surface area contributed by atoms with Gasteiger partial charge in [0.25, 0.3) is 0 Å². The first-order valence-electron chi connectivity index (χ1n) is 38.8. The van der Waals surface area contributed by atoms with Crippen molar-refractivity contribution in [3.63, 3.8) is 0 Å². The molecule has 0 aliphatic rings. The average Bonchev–Trinajstić information content (AvgIpc) is 1.64. The zero-order valence-electron chi connectivity index (χ0n) is 61.5. The second-order valence-corrected chi connectivity index (χ2v) is 30.6. The molecule has 0 bridgehead atoms. The molecule has 0 fully saturated rings. The molecule has 0 aliphatic carbocycles. The third-order valence-corrected chi connectivity index (χ3v) is 19.0. The molecule has 0 amide bonds. The normalized spacial score (nSPS) is 14.2. The van der Waals surface area contributed by atoms with Gasteiger partial charge in [-0.15, -0.1) is 0 Å². The molecule has 2 unspecified atom stereocenters. The van der Waals surface area contributed by atoms with E-state index >= 15 is 0 Å². The van der Waals surface area contributed by atoms with Gasteiger partial charge < -0.3 is 33.8 Å². The van der Waals surface area contributed by atoms with Crippen molar-refractivity contribution in [1.82, 2.24) is 0 Å². The minimum atomic E-state index is -4.96. The van der Waals surface area contributed by atoms with E-state index in [2.05, 4.69) is 65.8 Å². The van der Waals surface area contributed by atoms with Crippen LogP contribution in [0.1, 0.15) is 369 Å². The fourth-order valence-corrected chi connectivity index (χ4v) is 12.7. The Morgan fingerprint density at radius 3 is 0.863 bits per heavy atom. The first-order valence-corrected chi connectivity index (χ1v) is 41.8. The molecule has 0 rings (SSSR count). The van der Waals surface area contributed by atoms with Crippen LogP contribution in [0, 0.1) is 11.8 Å². The van der Waals surface area contributed by atoms with Crippen molar-refractivity contribution in [3.8, 4) is 0 Å². The zero-order chi connectivity index (χ0) is 70.0. The molecule has 3 N–H and O–H groups in total. The number of carbonyl (C=O) groups is 4. The Hall–Kier alpha value is -2.46. The number of carbonyl (C=O) groups excluding carboxylic acids is 4. The smallest absolute Gasteiger partial charge is 0.462 e. The number of esters is 4. The summed E-state index contributed by atoms with van der Waals surface area (Å²) in [5, 5.41) is 10.6. The lowest BCUT2D eigenvalue weighted by Crippen LogP contribution is -2.30. The molecule has 95 heavy (non-hydrogen) atoms. The second kappa shape index (κ2) is 67.4. The first-order chi connectivity index (χ1) is 45.9. The number of unbranched alkanes of at least 4 members (excludes halogenated alkanes) is 40. The van der Waals surface area contributed by atoms with Crippen LogP contribution in [-0.2, 0) is 65.4 Å². The summed E-state index contributed by atoms with van der Waals surface area (Å²) in [6, 6.07) is 0. The highest BCUT2D eigenvalue weighted by Gasteiger charge is 2.30. The van der Waals surface area contributed by atoms with Crippen molar-refractivity contribution in [2.75, 3.05) is 39.6 Å². The minimum Gasteiger partial charge on any atom is -0.462 e. The third kappa shape index (κ3) is 69.8. The highest BCUT2D eigenvalue weighted by molar-refractivity contribution is 7.47. The highest BCUT2D eigenvalue weighted by atomic mass is 31.2. The topological polar surface area (TPSA) is 237 Å². The Labute approximate surface area is 580 Å². The molecule has 0 saturated carbocycles. The van der Waals surface area contributed by atoms with E-state index in [4.69, 9.17) is 37.0 Å². The fraction of sp³-hybridized carbons (Fsp3) is 0.895. The molecule has 0 heterocycles. The van der Waals surface area contributed by atoms with Crippen LogP contribution in [0.25, 0.3) is 0 Å². The van der Waals surface area contributed by atoms with Crippen molar-refractivity contribution in [3.05, 3.63) is 24.3 Å². The lowest BCUT2D eigenvalue weighted by Gasteiger charge is -2.21. The molecule has 0 aromatic carbocycles. The van der Waals surface area contributed by atoms with Gasteiger partial charge in [0.15, 0.2) is 12.2 Å². The summed E-state index contributed by atoms with van der Waals surface area (Å²) in [4.78, 5) is 72.8. The number of hydrogen-bond acceptors (Lipinski definition) is 15. The highest BCUT2D eigenvalue weighted by Crippen LogP contribution is 2.45. The summed E-state index contributed by atoms with van der Waals surface area (Å²) < 4.78 is 68.5. The van der Waals surface area contributed by atoms with Gasteiger partial charge in [-0.3, -0.25) is 37.3 Å². The summed E-state index contributed by atoms with van der Waals surface area (Å²) in [7, 11) is -9.92. The van der Waals surface area contributed by atoms with Gasteiger partial charge in [0.2, 0.25) is 0 Å². The van der Waals surface area contributed by atoms with E-state index < -0.39 is 97.5 Å². The maximum atomic E-state index is 13.1. The second-order valence-electron chi connectivity index (χ2n) is 27.7. The summed E-state index contributed by atoms with van der Waals surface area (Å²) in [6.07, 6.45) is 57.7. The van der Waals surface area contributed by atoms with E-state index in [1.807, 2.05) is 0 Å². The van der Waals surface area contributed by atoms with E-state index in [0.717, 1.165) is 115 Å². The maximum Gasteiger partial charge on any atom is 0.472 e. The van der Waals surface area contributed by atoms with E-state index in [1.54, 1.807) is 0 Å². The van der Waals surface area contributed by atoms with Crippen molar-refractivity contribution in [1.29, 1.82) is 0 Å². The fourth-order valence-electron chi connectivity index (χ4n) is 11.1. The summed E-state index contributed by atoms with van der Waals surface area (Å²) in [5.74, 6) is -0.630. The van der Waals surface area contributed by atoms with Crippen LogP contribution in [0.2, 0.25) is 0 Å². The monoisotopic (exact) mass is 1390 g/mol. The lowest BCUT2D eigenvalue weighted by atomic mass is 10.0. The number of ether oxygens (including phenoxy) is 4. The van der Waals surface area contributed by atoms with Gasteiger partial charge in [0, 0.05) is 25.7 Å². The zero-order valence-corrected chi connectivity index (χ0v) is 63.2. The molecular weight excluding hydrogens is 1250 g/mol. The number of phosphoric acid groups is 2. The SMILES string of the molecule is CCCCCC/C=C\C=C/CCCCCCCC(=O)OC[C@H](COP(=O)(O)OC[C@@H](O)COP(=O)(O)OC[C@@H](COC(=O)CCCCCCCCCCCCC)OC(=O)CCCCCCCCCCC(C)C)OC(=O)CCCCCCCCCCCCCCCCCC(C)C. The predicted octanol–water partition coefficient (Wildman–Crippen LogP) is 21.9. The standard InChI is InChI=1S/C76H144O17P2/c1-7-9-11-13-15-17-19-20-22-26-30-34-41-47-53-59-74(79)87-64-71(92-75(80)60-54-48-42-35-31-27-24-21-23-25-29-32-38-44-50-56-68(3)4)66-90-94(82,83)88-62-70(77)63-89-95(84,85)91-67-72(93-76(81)61-55-49-43-37-36-39-45-51-57-69(5)6)65-86-73(78)58-52-46-40-33-28-18-16-14-12-10-8-2/h17,19-20,22,68-72,77H,7-16,18,21,23-67H2,1-6H3,(H,82,83)(H,84,85)/b19-17-,22-20-/t70-,71-,72-/m1/s1. The van der Waals surface area contributed by atoms with Crippen molar-refractivity contribution < 1.29 is 80.2 Å². The van der Waals surface area contributed by atoms with Crippen molar-refractivity contribution in [2.24, 2.45) is 11.8 Å². The molecule has 17 nitrogen and oxygen atoms in total. The van der Waals surface area contributed by atoms with E-state index in [9.17, 15) is 43.2 Å². The Morgan fingerprint density at radius 1 is 0.326 bits per heavy atom. The number of hydrogen-bond donors (Lipinski definition) is 3. The number of rotatable bonds is 73. The van der Waals surface area contributed by atoms with Gasteiger partial charge in [0.1, 0.15) is 19.3 Å². The van der Waals surface area contributed by atoms with Gasteiger partial charge >= 0.3 is 39.5 Å². The number of phosphoric ester groups is 2. The maximum absolute atomic E-state index is 13.1. The van der Waals surface area contributed by atoms with E-state index in [-0.39, 0.29) is 25.7 Å². The van der Waals surface area contributed by atoms with Crippen LogP contribution in [0.15, 0.2) is 24.3 Å². The van der Waals surface area contributed by atoms with Gasteiger partial charge in [-0.05, 0) is 63.2 Å². The Bertz CT molecular complexity index is 1930. The molecular formula is C76H144O17P2. The number of allylic oxidation sites excluding steroid dienone is 4. The van der Waals surface area contributed by atoms with Gasteiger partial charge in [-0.1, -0.05) is 316 Å². The molecule has 0 spiro atoms. The molecule has 0 aromatic heterocycles. The molecule has 0 aromatic rings. The van der Waals surface area contributed by atoms with Crippen molar-refractivity contribution in [2.45, 2.75) is 387 Å². The van der Waals surface area contributed by atoms with Crippen molar-refractivity contribution >= 4 is 39.5 Å². The van der Waals surface area contributed by atoms with E-state index in [1.165, 1.54) is 167 Å². The van der Waals surface area contributed by atoms with E-state index in [0.29, 0.717) is 31.6 Å². The summed E-state index contributed by atoms with van der Waals surface area (Å²) >= 11 is 0. The summed E-state index contributed by atoms with van der Waals surface area (Å²) in [5.41, 5.74) is 0. The van der Waals surface area contributed by atoms with Crippen LogP contribution in [0.4, 0.5) is 0 Å². The van der Waals surface area contributed by atoms with Gasteiger partial charge in [0.05, 0.1) is 26.4 Å². The van der Waals surface area contributed by atoms with Crippen LogP contribution < -0.4 is 0 Å². The third-order valence-electron chi connectivity index (χ3n) is 17.1. The molecule has 0 saturated heterocycles. The van der Waals surface area contributed by atoms with Crippen LogP contribution >= 0.6 is 15.6 Å². The largest absolute Gasteiger partial charge is 0.472 e. The van der Waals surface area contributed by atoms with Crippen LogP contribution in [-0.4, -0.2) is 96.7 Å². The Balaban J connectivity index is 5.27. The summed E-state index contributed by atoms with van der Waals surface area (Å²) in [6.45, 7) is 9.51. The quantitative estimate of drug-likeness (QED) is 0.0169. The minimum absolute atomic E-state index is 0.101. The van der Waals surface area contributed by atoms with Crippen LogP contribution in [0.3, 0.4) is 0 Å². The molecule has 0 aliphatic heterocycles. The van der Waals surface area contributed by atoms with Gasteiger partial charge in [-0.25, -0.2) is 9.13 Å². The molecule has 560 valence electrons. The van der Waals surface area contributed by atoms with Crippen LogP contribution in [0.5, 0.6) is 0 Å². The first kappa shape index (κ1) is 92.5. The van der Waals surface area contributed by atoms with Gasteiger partial charge in [-0.2, -0.15) is 0 Å². The number of aliphatic hydroxyl groups is 1. The Kier molecular flexibility index (Phi) is 65.6. The lowest BCUT2D eigenvalue weighted by molar-refractivity contribution is -0.161. The predicted molar refractivity (Wildman–Crippen MR) is 386 cm³/mol. The number of aliphatic hydroxyl groups excluding tert-OH is 1. The molecule has 0 radical (unpaired) electrons.